The van der Waals surface area contributed by atoms with Crippen molar-refractivity contribution >= 4 is 5.84 Å². The Kier molecular flexibility index (Phi) is 6.24. The van der Waals surface area contributed by atoms with Gasteiger partial charge in [0, 0.05) is 31.6 Å². The molecule has 35 heavy (non-hydrogen) atoms. The molecule has 11 heteroatoms. The predicted molar refractivity (Wildman–Crippen MR) is 123 cm³/mol. The maximum Gasteiger partial charge on any atom is 0.453 e. The number of alkyl halides is 3. The van der Waals surface area contributed by atoms with E-state index in [9.17, 15) is 13.2 Å². The average molecular weight is 488 g/mol. The Balaban J connectivity index is 1.15. The van der Waals surface area contributed by atoms with Gasteiger partial charge in [-0.15, -0.1) is 10.2 Å². The lowest BCUT2D eigenvalue weighted by atomic mass is 9.89. The van der Waals surface area contributed by atoms with Crippen molar-refractivity contribution in [2.24, 2.45) is 5.10 Å². The fraction of sp³-hybridized carbons (Fsp3) is 0.500. The molecule has 5 rings (SSSR count). The third-order valence-corrected chi connectivity index (χ3v) is 6.63. The van der Waals surface area contributed by atoms with Gasteiger partial charge in [-0.1, -0.05) is 12.1 Å². The number of nitrogens with zero attached hydrogens (tertiary/aromatic N) is 7. The minimum absolute atomic E-state index is 0.258. The number of hydrogen-bond donors (Lipinski definition) is 0. The number of amidine groups is 1. The van der Waals surface area contributed by atoms with E-state index in [0.717, 1.165) is 47.7 Å². The monoisotopic (exact) mass is 487 g/mol. The Morgan fingerprint density at radius 2 is 1.77 bits per heavy atom. The highest BCUT2D eigenvalue weighted by Crippen LogP contribution is 2.32. The van der Waals surface area contributed by atoms with Crippen molar-refractivity contribution in [1.29, 1.82) is 0 Å². The molecule has 0 aliphatic carbocycles. The molecule has 1 aromatic carbocycles. The van der Waals surface area contributed by atoms with E-state index < -0.39 is 12.0 Å². The SMILES string of the molecule is Cc1cc(C)n(CCOc2ccc(C3CCN(C4=Nn5c(nnc5C(F)(F)F)CC4)CC3)cc2)n1. The Morgan fingerprint density at radius 3 is 2.43 bits per heavy atom. The predicted octanol–water partition coefficient (Wildman–Crippen LogP) is 4.18. The topological polar surface area (TPSA) is 73.4 Å². The molecule has 3 aromatic rings. The van der Waals surface area contributed by atoms with Crippen LogP contribution in [0, 0.1) is 13.8 Å². The fourth-order valence-corrected chi connectivity index (χ4v) is 4.82. The molecule has 0 spiro atoms. The second kappa shape index (κ2) is 9.35. The van der Waals surface area contributed by atoms with E-state index in [-0.39, 0.29) is 5.82 Å². The van der Waals surface area contributed by atoms with Gasteiger partial charge in [0.15, 0.2) is 5.82 Å². The maximum atomic E-state index is 13.2. The summed E-state index contributed by atoms with van der Waals surface area (Å²) < 4.78 is 48.3. The molecule has 8 nitrogen and oxygen atoms in total. The van der Waals surface area contributed by atoms with Gasteiger partial charge >= 0.3 is 6.18 Å². The molecule has 186 valence electrons. The number of ether oxygens (including phenoxy) is 1. The van der Waals surface area contributed by atoms with E-state index in [0.29, 0.717) is 37.7 Å². The number of aryl methyl sites for hydroxylation is 3. The number of fused-ring (bicyclic) bond motifs is 1. The second-order valence-corrected chi connectivity index (χ2v) is 9.09. The second-order valence-electron chi connectivity index (χ2n) is 9.09. The summed E-state index contributed by atoms with van der Waals surface area (Å²) in [4.78, 5) is 2.09. The highest BCUT2D eigenvalue weighted by atomic mass is 19.4. The summed E-state index contributed by atoms with van der Waals surface area (Å²) in [6.45, 7) is 6.77. The van der Waals surface area contributed by atoms with Gasteiger partial charge in [-0.05, 0) is 56.4 Å². The summed E-state index contributed by atoms with van der Waals surface area (Å²) >= 11 is 0. The number of aromatic nitrogens is 5. The average Bonchev–Trinajstić information content (AvgIpc) is 3.41. The maximum absolute atomic E-state index is 13.2. The number of rotatable bonds is 5. The van der Waals surface area contributed by atoms with Crippen LogP contribution >= 0.6 is 0 Å². The first-order valence-electron chi connectivity index (χ1n) is 11.9. The van der Waals surface area contributed by atoms with Crippen molar-refractivity contribution in [1.82, 2.24) is 29.6 Å². The molecule has 2 aliphatic rings. The van der Waals surface area contributed by atoms with E-state index in [2.05, 4.69) is 37.4 Å². The Morgan fingerprint density at radius 1 is 1.03 bits per heavy atom. The first-order chi connectivity index (χ1) is 16.8. The molecule has 0 saturated carbocycles. The number of halogens is 3. The fourth-order valence-electron chi connectivity index (χ4n) is 4.82. The van der Waals surface area contributed by atoms with Crippen LogP contribution in [0.5, 0.6) is 5.75 Å². The van der Waals surface area contributed by atoms with Gasteiger partial charge < -0.3 is 9.64 Å². The van der Waals surface area contributed by atoms with Gasteiger partial charge in [-0.25, -0.2) is 0 Å². The van der Waals surface area contributed by atoms with Gasteiger partial charge in [0.25, 0.3) is 5.82 Å². The van der Waals surface area contributed by atoms with Crippen LogP contribution < -0.4 is 4.74 Å². The van der Waals surface area contributed by atoms with Crippen LogP contribution in [0.25, 0.3) is 0 Å². The summed E-state index contributed by atoms with van der Waals surface area (Å²) in [5.41, 5.74) is 3.37. The summed E-state index contributed by atoms with van der Waals surface area (Å²) in [7, 11) is 0. The van der Waals surface area contributed by atoms with Crippen LogP contribution in [0.15, 0.2) is 35.4 Å². The Labute approximate surface area is 201 Å². The summed E-state index contributed by atoms with van der Waals surface area (Å²) in [6, 6.07) is 10.3. The quantitative estimate of drug-likeness (QED) is 0.540. The standard InChI is InChI=1S/C24H28F3N7O/c1-16-15-17(2)33(30-16)13-14-35-20-5-3-18(4-6-20)19-9-11-32(12-10-19)22-8-7-21-28-29-23(24(25,26)27)34(21)31-22/h3-6,15,19H,7-14H2,1-2H3. The largest absolute Gasteiger partial charge is 0.492 e. The van der Waals surface area contributed by atoms with E-state index >= 15 is 0 Å². The van der Waals surface area contributed by atoms with Crippen LogP contribution in [0.1, 0.15) is 53.8 Å². The van der Waals surface area contributed by atoms with Crippen molar-refractivity contribution in [3.63, 3.8) is 0 Å². The third-order valence-electron chi connectivity index (χ3n) is 6.63. The molecular formula is C24H28F3N7O. The summed E-state index contributed by atoms with van der Waals surface area (Å²) in [5, 5.41) is 15.6. The van der Waals surface area contributed by atoms with Gasteiger partial charge in [-0.2, -0.15) is 28.0 Å². The van der Waals surface area contributed by atoms with E-state index in [1.54, 1.807) is 0 Å². The molecule has 0 radical (unpaired) electrons. The molecule has 2 aromatic heterocycles. The number of likely N-dealkylation sites (tertiary alicyclic amines) is 1. The normalized spacial score (nSPS) is 16.8. The van der Waals surface area contributed by atoms with E-state index in [1.165, 1.54) is 5.56 Å². The van der Waals surface area contributed by atoms with Gasteiger partial charge in [0.1, 0.15) is 18.2 Å². The molecule has 0 bridgehead atoms. The Hall–Kier alpha value is -3.37. The third kappa shape index (κ3) is 5.03. The highest BCUT2D eigenvalue weighted by Gasteiger charge is 2.40. The zero-order valence-electron chi connectivity index (χ0n) is 19.8. The highest BCUT2D eigenvalue weighted by molar-refractivity contribution is 5.83. The van der Waals surface area contributed by atoms with Crippen molar-refractivity contribution < 1.29 is 17.9 Å². The van der Waals surface area contributed by atoms with E-state index in [4.69, 9.17) is 4.74 Å². The summed E-state index contributed by atoms with van der Waals surface area (Å²) in [6.07, 6.45) is -1.76. The minimum Gasteiger partial charge on any atom is -0.492 e. The first-order valence-corrected chi connectivity index (χ1v) is 11.9. The number of hydrogen-bond acceptors (Lipinski definition) is 6. The molecule has 1 saturated heterocycles. The van der Waals surface area contributed by atoms with Crippen molar-refractivity contribution in [3.05, 3.63) is 58.9 Å². The van der Waals surface area contributed by atoms with Crippen LogP contribution in [0.2, 0.25) is 0 Å². The van der Waals surface area contributed by atoms with Crippen molar-refractivity contribution in [2.75, 3.05) is 19.7 Å². The lowest BCUT2D eigenvalue weighted by Crippen LogP contribution is -2.40. The molecule has 2 aliphatic heterocycles. The van der Waals surface area contributed by atoms with Crippen LogP contribution in [-0.2, 0) is 19.1 Å². The van der Waals surface area contributed by atoms with Crippen LogP contribution in [-0.4, -0.2) is 55.1 Å². The van der Waals surface area contributed by atoms with Crippen molar-refractivity contribution in [2.45, 2.75) is 58.2 Å². The summed E-state index contributed by atoms with van der Waals surface area (Å²) in [5.74, 6) is 1.10. The van der Waals surface area contributed by atoms with Crippen molar-refractivity contribution in [3.8, 4) is 5.75 Å². The van der Waals surface area contributed by atoms with Gasteiger partial charge in [0.2, 0.25) is 0 Å². The lowest BCUT2D eigenvalue weighted by molar-refractivity contribution is -0.147. The molecule has 0 amide bonds. The molecule has 0 unspecified atom stereocenters. The first kappa shape index (κ1) is 23.4. The van der Waals surface area contributed by atoms with E-state index in [1.807, 2.05) is 36.7 Å². The van der Waals surface area contributed by atoms with Crippen LogP contribution in [0.4, 0.5) is 13.2 Å². The smallest absolute Gasteiger partial charge is 0.453 e. The van der Waals surface area contributed by atoms with Gasteiger partial charge in [-0.3, -0.25) is 4.68 Å². The number of piperidine rings is 1. The number of benzene rings is 1. The zero-order chi connectivity index (χ0) is 24.6. The molecule has 1 fully saturated rings. The minimum atomic E-state index is -4.57. The molecule has 4 heterocycles. The molecular weight excluding hydrogens is 459 g/mol. The van der Waals surface area contributed by atoms with Gasteiger partial charge in [0.05, 0.1) is 12.2 Å². The lowest BCUT2D eigenvalue weighted by Gasteiger charge is -2.35. The van der Waals surface area contributed by atoms with Crippen LogP contribution in [0.3, 0.4) is 0 Å². The zero-order valence-corrected chi connectivity index (χ0v) is 19.8. The molecule has 0 atom stereocenters. The Bertz CT molecular complexity index is 1200. The molecule has 0 N–H and O–H groups in total.